The number of rotatable bonds is 4. The second-order valence-electron chi connectivity index (χ2n) is 8.30. The number of aromatic amines is 1. The molecular weight excluding hydrogens is 390 g/mol. The van der Waals surface area contributed by atoms with Crippen LogP contribution in [-0.4, -0.2) is 21.0 Å². The fourth-order valence-corrected chi connectivity index (χ4v) is 5.74. The maximum atomic E-state index is 13.1. The molecule has 3 heterocycles. The van der Waals surface area contributed by atoms with E-state index in [0.29, 0.717) is 28.2 Å². The van der Waals surface area contributed by atoms with Crippen LogP contribution >= 0.6 is 23.1 Å². The highest BCUT2D eigenvalue weighted by molar-refractivity contribution is 7.99. The van der Waals surface area contributed by atoms with E-state index in [1.807, 2.05) is 17.5 Å². The highest BCUT2D eigenvalue weighted by Crippen LogP contribution is 2.48. The molecule has 0 saturated heterocycles. The molecule has 0 saturated carbocycles. The highest BCUT2D eigenvalue weighted by Gasteiger charge is 2.45. The van der Waals surface area contributed by atoms with Crippen molar-refractivity contribution in [3.05, 3.63) is 50.1 Å². The Morgan fingerprint density at radius 1 is 1.36 bits per heavy atom. The number of thioether (sulfide) groups is 1. The molecule has 28 heavy (non-hydrogen) atoms. The fraction of sp³-hybridized carbons (Fsp3) is 0.476. The topological polar surface area (TPSA) is 74.8 Å². The number of anilines is 1. The Labute approximate surface area is 173 Å². The summed E-state index contributed by atoms with van der Waals surface area (Å²) in [6, 6.07) is 3.98. The second-order valence-corrected chi connectivity index (χ2v) is 10.7. The van der Waals surface area contributed by atoms with Gasteiger partial charge in [0.25, 0.3) is 5.56 Å². The third-order valence-electron chi connectivity index (χ3n) is 5.44. The molecule has 0 fully saturated rings. The van der Waals surface area contributed by atoms with Gasteiger partial charge in [0.15, 0.2) is 5.16 Å². The van der Waals surface area contributed by atoms with Gasteiger partial charge in [-0.1, -0.05) is 51.6 Å². The van der Waals surface area contributed by atoms with Crippen LogP contribution in [0.4, 0.5) is 5.82 Å². The maximum absolute atomic E-state index is 13.1. The standard InChI is InChI=1S/C21H25N3O2S2/c1-5-11(2)28-20-23-18-17(19(26)24-20)16(14-7-6-8-27-14)15-12(22-18)9-21(3,4)10-13(15)25/h6-9,11,15-16H,5,10H2,1-4H3,(H2,22,23,24,26)/t11-,15+,16+/m0/s1. The summed E-state index contributed by atoms with van der Waals surface area (Å²) >= 11 is 3.15. The van der Waals surface area contributed by atoms with Gasteiger partial charge in [0.1, 0.15) is 11.6 Å². The van der Waals surface area contributed by atoms with Crippen molar-refractivity contribution in [2.75, 3.05) is 5.32 Å². The SMILES string of the molecule is CC[C@H](C)Sc1nc2c(c(=O)[nH]1)[C@H](c1cccs1)[C@H]1C(=O)CC(C)(C)C=C1N2. The lowest BCUT2D eigenvalue weighted by atomic mass is 9.68. The average Bonchev–Trinajstić information content (AvgIpc) is 3.12. The Morgan fingerprint density at radius 3 is 2.82 bits per heavy atom. The molecule has 0 spiro atoms. The van der Waals surface area contributed by atoms with E-state index in [-0.39, 0.29) is 28.6 Å². The Bertz CT molecular complexity index is 992. The van der Waals surface area contributed by atoms with Crippen molar-refractivity contribution in [2.45, 2.75) is 56.9 Å². The molecule has 0 unspecified atom stereocenters. The van der Waals surface area contributed by atoms with Crippen LogP contribution in [0.15, 0.2) is 39.2 Å². The van der Waals surface area contributed by atoms with Crippen molar-refractivity contribution in [3.8, 4) is 0 Å². The number of aromatic nitrogens is 2. The van der Waals surface area contributed by atoms with E-state index < -0.39 is 0 Å². The predicted octanol–water partition coefficient (Wildman–Crippen LogP) is 4.78. The first-order valence-corrected chi connectivity index (χ1v) is 11.4. The van der Waals surface area contributed by atoms with Crippen LogP contribution in [-0.2, 0) is 4.79 Å². The molecule has 3 atom stereocenters. The summed E-state index contributed by atoms with van der Waals surface area (Å²) in [5.41, 5.74) is 1.09. The van der Waals surface area contributed by atoms with Crippen LogP contribution in [0.25, 0.3) is 0 Å². The lowest BCUT2D eigenvalue weighted by Crippen LogP contribution is -2.41. The fourth-order valence-electron chi connectivity index (χ4n) is 4.03. The van der Waals surface area contributed by atoms with E-state index in [2.05, 4.69) is 44.1 Å². The van der Waals surface area contributed by atoms with Gasteiger partial charge in [-0.25, -0.2) is 4.98 Å². The van der Waals surface area contributed by atoms with E-state index in [1.165, 1.54) is 0 Å². The average molecular weight is 416 g/mol. The number of hydrogen-bond donors (Lipinski definition) is 2. The van der Waals surface area contributed by atoms with Crippen LogP contribution in [0.1, 0.15) is 56.9 Å². The smallest absolute Gasteiger partial charge is 0.257 e. The molecule has 2 aromatic rings. The minimum Gasteiger partial charge on any atom is -0.343 e. The number of H-pyrrole nitrogens is 1. The van der Waals surface area contributed by atoms with Crippen LogP contribution < -0.4 is 10.9 Å². The predicted molar refractivity (Wildman–Crippen MR) is 115 cm³/mol. The molecule has 7 heteroatoms. The van der Waals surface area contributed by atoms with Crippen molar-refractivity contribution >= 4 is 34.7 Å². The molecule has 4 rings (SSSR count). The minimum atomic E-state index is -0.352. The van der Waals surface area contributed by atoms with Crippen LogP contribution in [0.2, 0.25) is 0 Å². The molecule has 0 amide bonds. The van der Waals surface area contributed by atoms with Crippen molar-refractivity contribution in [2.24, 2.45) is 11.3 Å². The van der Waals surface area contributed by atoms with Crippen LogP contribution in [0.5, 0.6) is 0 Å². The molecule has 0 radical (unpaired) electrons. The largest absolute Gasteiger partial charge is 0.343 e. The summed E-state index contributed by atoms with van der Waals surface area (Å²) in [4.78, 5) is 34.9. The zero-order valence-corrected chi connectivity index (χ0v) is 18.2. The van der Waals surface area contributed by atoms with Gasteiger partial charge < -0.3 is 10.3 Å². The van der Waals surface area contributed by atoms with E-state index in [1.54, 1.807) is 23.1 Å². The van der Waals surface area contributed by atoms with Crippen LogP contribution in [0.3, 0.4) is 0 Å². The van der Waals surface area contributed by atoms with Gasteiger partial charge in [0.05, 0.1) is 11.5 Å². The van der Waals surface area contributed by atoms with Gasteiger partial charge in [0.2, 0.25) is 0 Å². The van der Waals surface area contributed by atoms with E-state index in [4.69, 9.17) is 4.98 Å². The highest BCUT2D eigenvalue weighted by atomic mass is 32.2. The van der Waals surface area contributed by atoms with Gasteiger partial charge in [-0.2, -0.15) is 0 Å². The Hall–Kier alpha value is -1.86. The lowest BCUT2D eigenvalue weighted by molar-refractivity contribution is -0.124. The quantitative estimate of drug-likeness (QED) is 0.555. The van der Waals surface area contributed by atoms with Crippen molar-refractivity contribution in [1.29, 1.82) is 0 Å². The van der Waals surface area contributed by atoms with E-state index in [0.717, 1.165) is 17.0 Å². The molecule has 2 aliphatic rings. The third-order valence-corrected chi connectivity index (χ3v) is 7.54. The van der Waals surface area contributed by atoms with Gasteiger partial charge in [-0.3, -0.25) is 9.59 Å². The molecular formula is C21H25N3O2S2. The number of thiophene rings is 1. The van der Waals surface area contributed by atoms with E-state index in [9.17, 15) is 9.59 Å². The number of ketones is 1. The molecule has 2 aromatic heterocycles. The zero-order chi connectivity index (χ0) is 20.1. The van der Waals surface area contributed by atoms with Gasteiger partial charge >= 0.3 is 0 Å². The summed E-state index contributed by atoms with van der Waals surface area (Å²) < 4.78 is 0. The molecule has 0 bridgehead atoms. The Kier molecular flexibility index (Phi) is 5.00. The molecule has 1 aliphatic heterocycles. The minimum absolute atomic E-state index is 0.154. The summed E-state index contributed by atoms with van der Waals surface area (Å²) in [6.45, 7) is 8.37. The normalized spacial score (nSPS) is 24.0. The first kappa shape index (κ1) is 19.5. The monoisotopic (exact) mass is 415 g/mol. The first-order chi connectivity index (χ1) is 13.3. The zero-order valence-electron chi connectivity index (χ0n) is 16.5. The molecule has 0 aromatic carbocycles. The number of allylic oxidation sites excluding steroid dienone is 2. The van der Waals surface area contributed by atoms with Crippen LogP contribution in [0, 0.1) is 11.3 Å². The lowest BCUT2D eigenvalue weighted by Gasteiger charge is -2.40. The number of Topliss-reactive ketones (excluding diaryl/α,β-unsaturated/α-hetero) is 1. The first-order valence-electron chi connectivity index (χ1n) is 9.66. The summed E-state index contributed by atoms with van der Waals surface area (Å²) in [5.74, 6) is 0.123. The number of carbonyl (C=O) groups excluding carboxylic acids is 1. The second kappa shape index (κ2) is 7.19. The summed E-state index contributed by atoms with van der Waals surface area (Å²) in [7, 11) is 0. The number of nitrogens with one attached hydrogen (secondary N) is 2. The van der Waals surface area contributed by atoms with Crippen molar-refractivity contribution in [1.82, 2.24) is 9.97 Å². The van der Waals surface area contributed by atoms with E-state index >= 15 is 0 Å². The molecule has 5 nitrogen and oxygen atoms in total. The van der Waals surface area contributed by atoms with Crippen molar-refractivity contribution in [3.63, 3.8) is 0 Å². The number of nitrogens with zero attached hydrogens (tertiary/aromatic N) is 1. The van der Waals surface area contributed by atoms with Crippen molar-refractivity contribution < 1.29 is 4.79 Å². The Balaban J connectivity index is 1.89. The molecule has 1 aliphatic carbocycles. The van der Waals surface area contributed by atoms with Gasteiger partial charge in [-0.15, -0.1) is 11.3 Å². The maximum Gasteiger partial charge on any atom is 0.257 e. The summed E-state index contributed by atoms with van der Waals surface area (Å²) in [6.07, 6.45) is 3.62. The number of fused-ring (bicyclic) bond motifs is 2. The van der Waals surface area contributed by atoms with Gasteiger partial charge in [0, 0.05) is 28.2 Å². The molecule has 2 N–H and O–H groups in total. The number of carbonyl (C=O) groups is 1. The Morgan fingerprint density at radius 2 is 2.14 bits per heavy atom. The third kappa shape index (κ3) is 3.46. The number of hydrogen-bond acceptors (Lipinski definition) is 6. The van der Waals surface area contributed by atoms with Gasteiger partial charge in [-0.05, 0) is 23.3 Å². The summed E-state index contributed by atoms with van der Waals surface area (Å²) in [5, 5.41) is 6.32. The molecule has 148 valence electrons.